The molecule has 1 aromatic carbocycles. The number of carbonyl (C=O) groups is 2. The average Bonchev–Trinajstić information content (AvgIpc) is 2.46. The maximum absolute atomic E-state index is 13.3. The third-order valence-corrected chi connectivity index (χ3v) is 3.40. The summed E-state index contributed by atoms with van der Waals surface area (Å²) in [5, 5.41) is 11.2. The lowest BCUT2D eigenvalue weighted by molar-refractivity contribution is -0.161. The van der Waals surface area contributed by atoms with Crippen molar-refractivity contribution in [3.8, 4) is 6.07 Å². The first-order valence-electron chi connectivity index (χ1n) is 7.19. The minimum absolute atomic E-state index is 0.175. The number of rotatable bonds is 1. The van der Waals surface area contributed by atoms with Gasteiger partial charge < -0.3 is 15.0 Å². The summed E-state index contributed by atoms with van der Waals surface area (Å²) in [4.78, 5) is 25.8. The topological polar surface area (TPSA) is 82.4 Å². The normalized spacial score (nSPS) is 19.8. The van der Waals surface area contributed by atoms with Crippen LogP contribution in [0.3, 0.4) is 0 Å². The summed E-state index contributed by atoms with van der Waals surface area (Å²) >= 11 is 0. The molecule has 0 aromatic heterocycles. The number of hydrogen-bond donors (Lipinski definition) is 1. The van der Waals surface area contributed by atoms with Gasteiger partial charge in [0.15, 0.2) is 0 Å². The molecule has 7 heteroatoms. The van der Waals surface area contributed by atoms with E-state index in [0.717, 1.165) is 6.07 Å². The van der Waals surface area contributed by atoms with Gasteiger partial charge in [-0.15, -0.1) is 0 Å². The number of carbonyl (C=O) groups excluding carboxylic acids is 2. The molecule has 0 spiro atoms. The van der Waals surface area contributed by atoms with Gasteiger partial charge in [-0.05, 0) is 39.0 Å². The fourth-order valence-corrected chi connectivity index (χ4v) is 2.63. The van der Waals surface area contributed by atoms with Crippen molar-refractivity contribution in [2.45, 2.75) is 32.5 Å². The van der Waals surface area contributed by atoms with E-state index in [1.807, 2.05) is 20.8 Å². The number of morpholine rings is 1. The van der Waals surface area contributed by atoms with Crippen LogP contribution in [0.2, 0.25) is 0 Å². The second kappa shape index (κ2) is 6.34. The Kier molecular flexibility index (Phi) is 4.66. The highest BCUT2D eigenvalue weighted by Gasteiger charge is 2.35. The zero-order chi connectivity index (χ0) is 17.2. The van der Waals surface area contributed by atoms with Crippen LogP contribution in [-0.4, -0.2) is 41.5 Å². The minimum atomic E-state index is -0.828. The van der Waals surface area contributed by atoms with Crippen molar-refractivity contribution >= 4 is 17.5 Å². The molecule has 2 rings (SSSR count). The van der Waals surface area contributed by atoms with Gasteiger partial charge in [-0.1, -0.05) is 0 Å². The molecule has 1 aliphatic heterocycles. The number of amides is 2. The summed E-state index contributed by atoms with van der Waals surface area (Å²) < 4.78 is 19.0. The lowest BCUT2D eigenvalue weighted by Gasteiger charge is -2.41. The van der Waals surface area contributed by atoms with Crippen LogP contribution < -0.4 is 5.32 Å². The predicted molar refractivity (Wildman–Crippen MR) is 81.0 cm³/mol. The Morgan fingerprint density at radius 1 is 1.48 bits per heavy atom. The van der Waals surface area contributed by atoms with E-state index in [1.165, 1.54) is 17.0 Å². The Morgan fingerprint density at radius 2 is 2.17 bits per heavy atom. The van der Waals surface area contributed by atoms with Crippen molar-refractivity contribution in [3.05, 3.63) is 29.6 Å². The van der Waals surface area contributed by atoms with Crippen LogP contribution in [0.5, 0.6) is 0 Å². The molecule has 0 aliphatic carbocycles. The van der Waals surface area contributed by atoms with Crippen LogP contribution in [0.1, 0.15) is 26.3 Å². The highest BCUT2D eigenvalue weighted by atomic mass is 19.1. The summed E-state index contributed by atoms with van der Waals surface area (Å²) in [6, 6.07) is 5.23. The Labute approximate surface area is 133 Å². The van der Waals surface area contributed by atoms with Gasteiger partial charge in [-0.25, -0.2) is 4.39 Å². The first-order chi connectivity index (χ1) is 10.7. The lowest BCUT2D eigenvalue weighted by atomic mass is 10.1. The quantitative estimate of drug-likeness (QED) is 0.798. The fraction of sp³-hybridized carbons (Fsp3) is 0.438. The maximum atomic E-state index is 13.3. The number of halogens is 1. The molecule has 1 aromatic rings. The van der Waals surface area contributed by atoms with E-state index >= 15 is 0 Å². The van der Waals surface area contributed by atoms with Crippen LogP contribution in [0, 0.1) is 17.1 Å². The molecule has 0 bridgehead atoms. The molecule has 1 heterocycles. The van der Waals surface area contributed by atoms with Gasteiger partial charge in [0.05, 0.1) is 17.3 Å². The smallest absolute Gasteiger partial charge is 0.313 e. The Hall–Kier alpha value is -2.46. The molecule has 23 heavy (non-hydrogen) atoms. The number of nitrogens with zero attached hydrogens (tertiary/aromatic N) is 2. The van der Waals surface area contributed by atoms with E-state index in [-0.39, 0.29) is 17.4 Å². The molecule has 1 N–H and O–H groups in total. The molecule has 1 atom stereocenters. The second-order valence-electron chi connectivity index (χ2n) is 6.13. The number of hydrogen-bond acceptors (Lipinski definition) is 4. The van der Waals surface area contributed by atoms with Crippen LogP contribution in [0.25, 0.3) is 0 Å². The molecule has 0 radical (unpaired) electrons. The first-order valence-corrected chi connectivity index (χ1v) is 7.19. The van der Waals surface area contributed by atoms with Crippen molar-refractivity contribution in [2.75, 3.05) is 18.4 Å². The maximum Gasteiger partial charge on any atom is 0.313 e. The SMILES string of the molecule is CC1CN(C(=O)C(=O)Nc2ccc(F)c(C#N)c2)CC(C)(C)O1. The molecular formula is C16H18FN3O3. The molecule has 1 unspecified atom stereocenters. The van der Waals surface area contributed by atoms with Gasteiger partial charge in [-0.2, -0.15) is 5.26 Å². The highest BCUT2D eigenvalue weighted by molar-refractivity contribution is 6.39. The zero-order valence-corrected chi connectivity index (χ0v) is 13.2. The standard InChI is InChI=1S/C16H18FN3O3/c1-10-8-20(9-16(2,3)23-10)15(22)14(21)19-12-4-5-13(17)11(6-12)7-18/h4-6,10H,8-9H2,1-3H3,(H,19,21). The van der Waals surface area contributed by atoms with Crippen molar-refractivity contribution in [2.24, 2.45) is 0 Å². The third kappa shape index (κ3) is 4.05. The van der Waals surface area contributed by atoms with Crippen LogP contribution >= 0.6 is 0 Å². The van der Waals surface area contributed by atoms with Crippen molar-refractivity contribution in [1.29, 1.82) is 5.26 Å². The summed E-state index contributed by atoms with van der Waals surface area (Å²) in [6.07, 6.45) is -0.175. The summed E-state index contributed by atoms with van der Waals surface area (Å²) in [7, 11) is 0. The fourth-order valence-electron chi connectivity index (χ4n) is 2.63. The van der Waals surface area contributed by atoms with E-state index < -0.39 is 23.2 Å². The average molecular weight is 319 g/mol. The number of ether oxygens (including phenoxy) is 1. The number of anilines is 1. The van der Waals surface area contributed by atoms with E-state index in [4.69, 9.17) is 10.00 Å². The molecule has 1 aliphatic rings. The van der Waals surface area contributed by atoms with Gasteiger partial charge in [0.25, 0.3) is 0 Å². The predicted octanol–water partition coefficient (Wildman–Crippen LogP) is 1.66. The number of nitrogens with one attached hydrogen (secondary N) is 1. The monoisotopic (exact) mass is 319 g/mol. The Morgan fingerprint density at radius 3 is 2.78 bits per heavy atom. The lowest BCUT2D eigenvalue weighted by Crippen LogP contribution is -2.56. The van der Waals surface area contributed by atoms with Gasteiger partial charge in [-0.3, -0.25) is 9.59 Å². The largest absolute Gasteiger partial charge is 0.369 e. The van der Waals surface area contributed by atoms with Crippen LogP contribution in [0.15, 0.2) is 18.2 Å². The molecule has 6 nitrogen and oxygen atoms in total. The van der Waals surface area contributed by atoms with Gasteiger partial charge in [0, 0.05) is 18.8 Å². The van der Waals surface area contributed by atoms with Crippen molar-refractivity contribution in [1.82, 2.24) is 4.90 Å². The Balaban J connectivity index is 2.09. The van der Waals surface area contributed by atoms with E-state index in [0.29, 0.717) is 13.1 Å². The molecule has 2 amide bonds. The van der Waals surface area contributed by atoms with Gasteiger partial charge in [0.2, 0.25) is 0 Å². The van der Waals surface area contributed by atoms with Gasteiger partial charge >= 0.3 is 11.8 Å². The van der Waals surface area contributed by atoms with Crippen molar-refractivity contribution in [3.63, 3.8) is 0 Å². The summed E-state index contributed by atoms with van der Waals surface area (Å²) in [5.74, 6) is -2.19. The Bertz CT molecular complexity index is 682. The van der Waals surface area contributed by atoms with Crippen molar-refractivity contribution < 1.29 is 18.7 Å². The van der Waals surface area contributed by atoms with E-state index in [1.54, 1.807) is 6.07 Å². The van der Waals surface area contributed by atoms with Crippen LogP contribution in [-0.2, 0) is 14.3 Å². The molecule has 1 fully saturated rings. The van der Waals surface area contributed by atoms with E-state index in [9.17, 15) is 14.0 Å². The second-order valence-corrected chi connectivity index (χ2v) is 6.13. The number of benzene rings is 1. The molecule has 1 saturated heterocycles. The zero-order valence-electron chi connectivity index (χ0n) is 13.2. The highest BCUT2D eigenvalue weighted by Crippen LogP contribution is 2.21. The van der Waals surface area contributed by atoms with Crippen LogP contribution in [0.4, 0.5) is 10.1 Å². The van der Waals surface area contributed by atoms with Gasteiger partial charge in [0.1, 0.15) is 11.9 Å². The first kappa shape index (κ1) is 16.9. The summed E-state index contributed by atoms with van der Waals surface area (Å²) in [6.45, 7) is 6.15. The molecule has 0 saturated carbocycles. The number of nitriles is 1. The minimum Gasteiger partial charge on any atom is -0.369 e. The third-order valence-electron chi connectivity index (χ3n) is 3.40. The summed E-state index contributed by atoms with van der Waals surface area (Å²) in [5.41, 5.74) is -0.532. The molecule has 122 valence electrons. The molecular weight excluding hydrogens is 301 g/mol. The van der Waals surface area contributed by atoms with E-state index in [2.05, 4.69) is 5.32 Å².